The maximum Gasteiger partial charge on any atom is 0.404 e. The minimum absolute atomic E-state index is 0.316. The second kappa shape index (κ2) is 8.83. The summed E-state index contributed by atoms with van der Waals surface area (Å²) in [4.78, 5) is 10.5. The molecule has 0 radical (unpaired) electrons. The van der Waals surface area contributed by atoms with Gasteiger partial charge in [0.1, 0.15) is 5.75 Å². The van der Waals surface area contributed by atoms with Crippen molar-refractivity contribution >= 4 is 6.09 Å². The summed E-state index contributed by atoms with van der Waals surface area (Å²) < 4.78 is 5.78. The molecule has 0 heterocycles. The molecule has 0 aliphatic heterocycles. The molecule has 0 aromatic heterocycles. The van der Waals surface area contributed by atoms with E-state index in [1.807, 2.05) is 48.5 Å². The average Bonchev–Trinajstić information content (AvgIpc) is 2.58. The van der Waals surface area contributed by atoms with E-state index in [-0.39, 0.29) is 0 Å². The third-order valence-electron chi connectivity index (χ3n) is 3.58. The van der Waals surface area contributed by atoms with Gasteiger partial charge >= 0.3 is 6.09 Å². The number of ether oxygens (including phenoxy) is 1. The summed E-state index contributed by atoms with van der Waals surface area (Å²) in [6, 6.07) is 15.9. The molecule has 4 heteroatoms. The number of hydrogen-bond acceptors (Lipinski definition) is 2. The van der Waals surface area contributed by atoms with E-state index in [0.29, 0.717) is 6.54 Å². The molecule has 0 saturated heterocycles. The van der Waals surface area contributed by atoms with E-state index in [9.17, 15) is 4.79 Å². The SMILES string of the molecule is CCCCCOc1cccc(-c2ccc(CNC(=O)O)cc2)c1. The number of amides is 1. The van der Waals surface area contributed by atoms with Gasteiger partial charge in [-0.15, -0.1) is 0 Å². The van der Waals surface area contributed by atoms with Crippen molar-refractivity contribution in [2.75, 3.05) is 6.61 Å². The molecule has 0 saturated carbocycles. The van der Waals surface area contributed by atoms with Crippen molar-refractivity contribution < 1.29 is 14.6 Å². The van der Waals surface area contributed by atoms with Crippen LogP contribution in [-0.2, 0) is 6.54 Å². The van der Waals surface area contributed by atoms with Gasteiger partial charge in [0.25, 0.3) is 0 Å². The van der Waals surface area contributed by atoms with E-state index in [1.54, 1.807) is 0 Å². The van der Waals surface area contributed by atoms with Crippen molar-refractivity contribution in [3.8, 4) is 16.9 Å². The van der Waals surface area contributed by atoms with Gasteiger partial charge in [-0.1, -0.05) is 56.2 Å². The van der Waals surface area contributed by atoms with E-state index in [2.05, 4.69) is 12.2 Å². The van der Waals surface area contributed by atoms with E-state index < -0.39 is 6.09 Å². The van der Waals surface area contributed by atoms with Gasteiger partial charge in [0, 0.05) is 6.54 Å². The van der Waals surface area contributed by atoms with Crippen molar-refractivity contribution in [2.45, 2.75) is 32.7 Å². The van der Waals surface area contributed by atoms with Crippen molar-refractivity contribution in [3.63, 3.8) is 0 Å². The fourth-order valence-electron chi connectivity index (χ4n) is 2.30. The first-order valence-electron chi connectivity index (χ1n) is 7.98. The molecule has 0 atom stereocenters. The Morgan fingerprint density at radius 3 is 2.57 bits per heavy atom. The summed E-state index contributed by atoms with van der Waals surface area (Å²) in [6.07, 6.45) is 2.44. The highest BCUT2D eigenvalue weighted by molar-refractivity contribution is 5.66. The lowest BCUT2D eigenvalue weighted by Crippen LogP contribution is -2.19. The average molecular weight is 313 g/mol. The lowest BCUT2D eigenvalue weighted by atomic mass is 10.0. The third kappa shape index (κ3) is 5.66. The lowest BCUT2D eigenvalue weighted by molar-refractivity contribution is 0.194. The molecule has 23 heavy (non-hydrogen) atoms. The summed E-state index contributed by atoms with van der Waals surface area (Å²) in [5, 5.41) is 11.0. The molecule has 2 rings (SSSR count). The lowest BCUT2D eigenvalue weighted by Gasteiger charge is -2.09. The largest absolute Gasteiger partial charge is 0.494 e. The van der Waals surface area contributed by atoms with Crippen molar-refractivity contribution in [1.29, 1.82) is 0 Å². The number of nitrogens with one attached hydrogen (secondary N) is 1. The van der Waals surface area contributed by atoms with Gasteiger partial charge < -0.3 is 15.2 Å². The van der Waals surface area contributed by atoms with Crippen LogP contribution < -0.4 is 10.1 Å². The first-order chi connectivity index (χ1) is 11.2. The van der Waals surface area contributed by atoms with E-state index in [1.165, 1.54) is 12.8 Å². The zero-order valence-electron chi connectivity index (χ0n) is 13.4. The smallest absolute Gasteiger partial charge is 0.404 e. The first-order valence-corrected chi connectivity index (χ1v) is 7.98. The number of unbranched alkanes of at least 4 members (excludes halogenated alkanes) is 2. The Bertz CT molecular complexity index is 623. The Morgan fingerprint density at radius 1 is 1.09 bits per heavy atom. The Balaban J connectivity index is 1.99. The summed E-state index contributed by atoms with van der Waals surface area (Å²) in [5.74, 6) is 0.884. The predicted molar refractivity (Wildman–Crippen MR) is 91.8 cm³/mol. The van der Waals surface area contributed by atoms with Gasteiger partial charge in [-0.25, -0.2) is 4.79 Å². The zero-order valence-corrected chi connectivity index (χ0v) is 13.4. The molecule has 0 fully saturated rings. The number of rotatable bonds is 8. The molecular formula is C19H23NO3. The number of benzene rings is 2. The summed E-state index contributed by atoms with van der Waals surface area (Å²) in [5.41, 5.74) is 3.11. The van der Waals surface area contributed by atoms with Crippen LogP contribution in [0.3, 0.4) is 0 Å². The van der Waals surface area contributed by atoms with Crippen molar-refractivity contribution in [2.24, 2.45) is 0 Å². The first kappa shape index (κ1) is 16.9. The van der Waals surface area contributed by atoms with E-state index in [0.717, 1.165) is 35.5 Å². The van der Waals surface area contributed by atoms with Crippen LogP contribution in [0.25, 0.3) is 11.1 Å². The molecule has 0 aliphatic rings. The fourth-order valence-corrected chi connectivity index (χ4v) is 2.30. The molecule has 122 valence electrons. The maximum absolute atomic E-state index is 10.5. The topological polar surface area (TPSA) is 58.6 Å². The highest BCUT2D eigenvalue weighted by Gasteiger charge is 2.02. The third-order valence-corrected chi connectivity index (χ3v) is 3.58. The molecule has 0 spiro atoms. The van der Waals surface area contributed by atoms with Crippen LogP contribution in [-0.4, -0.2) is 17.8 Å². The summed E-state index contributed by atoms with van der Waals surface area (Å²) >= 11 is 0. The van der Waals surface area contributed by atoms with Gasteiger partial charge in [-0.05, 0) is 35.2 Å². The van der Waals surface area contributed by atoms with Gasteiger partial charge in [0.15, 0.2) is 0 Å². The van der Waals surface area contributed by atoms with E-state index >= 15 is 0 Å². The molecule has 0 bridgehead atoms. The standard InChI is InChI=1S/C19H23NO3/c1-2-3-4-12-23-18-7-5-6-17(13-18)16-10-8-15(9-11-16)14-20-19(21)22/h5-11,13,20H,2-4,12,14H2,1H3,(H,21,22). The van der Waals surface area contributed by atoms with Crippen molar-refractivity contribution in [3.05, 3.63) is 54.1 Å². The summed E-state index contributed by atoms with van der Waals surface area (Å²) in [6.45, 7) is 3.24. The Kier molecular flexibility index (Phi) is 6.48. The minimum Gasteiger partial charge on any atom is -0.494 e. The number of carboxylic acid groups (broad SMARTS) is 1. The molecule has 2 aromatic rings. The second-order valence-corrected chi connectivity index (χ2v) is 5.44. The summed E-state index contributed by atoms with van der Waals surface area (Å²) in [7, 11) is 0. The minimum atomic E-state index is -1.01. The van der Waals surface area contributed by atoms with Crippen LogP contribution in [0.5, 0.6) is 5.75 Å². The fraction of sp³-hybridized carbons (Fsp3) is 0.316. The van der Waals surface area contributed by atoms with Crippen LogP contribution in [0.2, 0.25) is 0 Å². The van der Waals surface area contributed by atoms with Gasteiger partial charge in [-0.3, -0.25) is 0 Å². The molecule has 4 nitrogen and oxygen atoms in total. The Morgan fingerprint density at radius 2 is 1.87 bits per heavy atom. The quantitative estimate of drug-likeness (QED) is 0.695. The molecule has 2 N–H and O–H groups in total. The molecule has 2 aromatic carbocycles. The van der Waals surface area contributed by atoms with Crippen LogP contribution in [0, 0.1) is 0 Å². The predicted octanol–water partition coefficient (Wildman–Crippen LogP) is 4.69. The monoisotopic (exact) mass is 313 g/mol. The molecular weight excluding hydrogens is 290 g/mol. The second-order valence-electron chi connectivity index (χ2n) is 5.44. The van der Waals surface area contributed by atoms with Gasteiger partial charge in [0.05, 0.1) is 6.61 Å². The van der Waals surface area contributed by atoms with Gasteiger partial charge in [0.2, 0.25) is 0 Å². The number of hydrogen-bond donors (Lipinski definition) is 2. The normalized spacial score (nSPS) is 10.3. The Labute approximate surface area is 137 Å². The zero-order chi connectivity index (χ0) is 16.5. The molecule has 1 amide bonds. The molecule has 0 unspecified atom stereocenters. The highest BCUT2D eigenvalue weighted by Crippen LogP contribution is 2.24. The van der Waals surface area contributed by atoms with Gasteiger partial charge in [-0.2, -0.15) is 0 Å². The van der Waals surface area contributed by atoms with Crippen LogP contribution in [0.15, 0.2) is 48.5 Å². The van der Waals surface area contributed by atoms with Crippen LogP contribution in [0.4, 0.5) is 4.79 Å². The van der Waals surface area contributed by atoms with Crippen LogP contribution in [0.1, 0.15) is 31.7 Å². The molecule has 0 aliphatic carbocycles. The van der Waals surface area contributed by atoms with Crippen molar-refractivity contribution in [1.82, 2.24) is 5.32 Å². The highest BCUT2D eigenvalue weighted by atomic mass is 16.5. The maximum atomic E-state index is 10.5. The van der Waals surface area contributed by atoms with Crippen LogP contribution >= 0.6 is 0 Å². The Hall–Kier alpha value is -2.49. The number of carbonyl (C=O) groups is 1. The van der Waals surface area contributed by atoms with E-state index in [4.69, 9.17) is 9.84 Å².